The minimum atomic E-state index is -0.405. The van der Waals surface area contributed by atoms with Crippen LogP contribution < -0.4 is 45.0 Å². The number of hydrazine groups is 1. The summed E-state index contributed by atoms with van der Waals surface area (Å²) >= 11 is 0. The van der Waals surface area contributed by atoms with Gasteiger partial charge in [-0.3, -0.25) is 0 Å². The summed E-state index contributed by atoms with van der Waals surface area (Å²) in [6.07, 6.45) is -0.405. The highest BCUT2D eigenvalue weighted by atomic mass is 16.7. The maximum atomic E-state index is 6.24. The van der Waals surface area contributed by atoms with Crippen LogP contribution in [0.2, 0.25) is 0 Å². The lowest BCUT2D eigenvalue weighted by Crippen LogP contribution is -2.51. The van der Waals surface area contributed by atoms with E-state index < -0.39 is 6.23 Å². The molecule has 2 aliphatic rings. The molecule has 3 atom stereocenters. The molecule has 31 heavy (non-hydrogen) atoms. The summed E-state index contributed by atoms with van der Waals surface area (Å²) in [5, 5.41) is 0. The number of ether oxygens (including phenoxy) is 6. The molecule has 0 radical (unpaired) electrons. The number of nitrogens with two attached hydrogens (primary N) is 1. The summed E-state index contributed by atoms with van der Waals surface area (Å²) < 4.78 is 34.0. The van der Waals surface area contributed by atoms with Gasteiger partial charge in [0.2, 0.25) is 12.5 Å². The van der Waals surface area contributed by atoms with Crippen LogP contribution in [-0.4, -0.2) is 34.4 Å². The van der Waals surface area contributed by atoms with Crippen molar-refractivity contribution in [1.82, 2.24) is 10.9 Å². The Kier molecular flexibility index (Phi) is 5.60. The molecule has 4 N–H and O–H groups in total. The van der Waals surface area contributed by atoms with E-state index in [-0.39, 0.29) is 24.4 Å². The smallest absolute Gasteiger partial charge is 0.231 e. The van der Waals surface area contributed by atoms with Crippen LogP contribution in [0.25, 0.3) is 0 Å². The summed E-state index contributed by atoms with van der Waals surface area (Å²) in [4.78, 5) is 0. The quantitative estimate of drug-likeness (QED) is 0.572. The molecule has 2 heterocycles. The van der Waals surface area contributed by atoms with Crippen molar-refractivity contribution in [2.45, 2.75) is 19.1 Å². The molecule has 3 unspecified atom stereocenters. The number of hydrogen-bond donors (Lipinski definition) is 3. The normalized spacial score (nSPS) is 21.0. The molecule has 2 aromatic rings. The monoisotopic (exact) mass is 429 g/mol. The molecule has 2 aromatic carbocycles. The maximum Gasteiger partial charge on any atom is 0.231 e. The molecule has 0 bridgehead atoms. The zero-order valence-electron chi connectivity index (χ0n) is 18.0. The second-order valence-electron chi connectivity index (χ2n) is 7.37. The van der Waals surface area contributed by atoms with Gasteiger partial charge in [0.05, 0.1) is 21.3 Å². The van der Waals surface area contributed by atoms with Gasteiger partial charge in [0, 0.05) is 23.5 Å². The van der Waals surface area contributed by atoms with Crippen molar-refractivity contribution in [3.63, 3.8) is 0 Å². The molecule has 0 saturated carbocycles. The van der Waals surface area contributed by atoms with Crippen molar-refractivity contribution >= 4 is 0 Å². The minimum absolute atomic E-state index is 0.0254. The van der Waals surface area contributed by atoms with Crippen LogP contribution in [0.3, 0.4) is 0 Å². The van der Waals surface area contributed by atoms with Gasteiger partial charge in [0.15, 0.2) is 29.2 Å². The molecule has 0 spiro atoms. The number of methoxy groups -OCH3 is 3. The van der Waals surface area contributed by atoms with Gasteiger partial charge >= 0.3 is 0 Å². The van der Waals surface area contributed by atoms with E-state index in [1.54, 1.807) is 21.3 Å². The largest absolute Gasteiger partial charge is 0.493 e. The van der Waals surface area contributed by atoms with Crippen LogP contribution in [0.1, 0.15) is 24.0 Å². The molecule has 4 rings (SSSR count). The molecule has 0 aromatic heterocycles. The molecule has 0 aliphatic carbocycles. The first kappa shape index (κ1) is 20.8. The number of nitrogens with one attached hydrogen (secondary N) is 2. The Hall–Kier alpha value is -3.46. The van der Waals surface area contributed by atoms with E-state index >= 15 is 0 Å². The van der Waals surface area contributed by atoms with Gasteiger partial charge in [-0.1, -0.05) is 13.5 Å². The predicted molar refractivity (Wildman–Crippen MR) is 114 cm³/mol. The summed E-state index contributed by atoms with van der Waals surface area (Å²) in [7, 11) is 4.78. The van der Waals surface area contributed by atoms with Crippen LogP contribution >= 0.6 is 0 Å². The summed E-state index contributed by atoms with van der Waals surface area (Å²) in [6.45, 7) is 5.93. The van der Waals surface area contributed by atoms with Crippen LogP contribution in [0.5, 0.6) is 34.5 Å². The fraction of sp³-hybridized carbons (Fsp3) is 0.364. The van der Waals surface area contributed by atoms with Gasteiger partial charge in [0.25, 0.3) is 0 Å². The second kappa shape index (κ2) is 8.35. The fourth-order valence-corrected chi connectivity index (χ4v) is 4.08. The first-order chi connectivity index (χ1) is 15.0. The van der Waals surface area contributed by atoms with Gasteiger partial charge < -0.3 is 39.6 Å². The van der Waals surface area contributed by atoms with Crippen LogP contribution in [0, 0.1) is 5.92 Å². The molecular formula is C22H27N3O6. The fourth-order valence-electron chi connectivity index (χ4n) is 4.08. The number of rotatable bonds is 7. The van der Waals surface area contributed by atoms with Crippen molar-refractivity contribution in [2.75, 3.05) is 28.1 Å². The molecule has 0 fully saturated rings. The Morgan fingerprint density at radius 1 is 1.00 bits per heavy atom. The Morgan fingerprint density at radius 3 is 2.23 bits per heavy atom. The van der Waals surface area contributed by atoms with Crippen molar-refractivity contribution in [3.05, 3.63) is 47.8 Å². The maximum absolute atomic E-state index is 6.24. The standard InChI is InChI=1S/C22H27N3O6/c1-11-20(13-6-18(26-3)21(28-5)19(7-13)27-4)14-8-16-17(30-10-29-16)9-15(14)31-22(11)25-24-12(2)23/h6-9,11,20,22,24-25H,2,10,23H2,1,3-5H3. The lowest BCUT2D eigenvalue weighted by molar-refractivity contribution is 0.0689. The van der Waals surface area contributed by atoms with Crippen molar-refractivity contribution in [2.24, 2.45) is 11.7 Å². The minimum Gasteiger partial charge on any atom is -0.493 e. The Labute approximate surface area is 181 Å². The van der Waals surface area contributed by atoms with Gasteiger partial charge in [-0.15, -0.1) is 0 Å². The molecule has 9 heteroatoms. The SMILES string of the molecule is C=C(N)NNC1Oc2cc3c(cc2C(c2cc(OC)c(OC)c(OC)c2)C1C)OCO3. The molecule has 166 valence electrons. The lowest BCUT2D eigenvalue weighted by atomic mass is 9.78. The van der Waals surface area contributed by atoms with Crippen LogP contribution in [0.15, 0.2) is 36.7 Å². The summed E-state index contributed by atoms with van der Waals surface area (Å²) in [6, 6.07) is 7.72. The average molecular weight is 429 g/mol. The number of fused-ring (bicyclic) bond motifs is 2. The van der Waals surface area contributed by atoms with E-state index in [0.717, 1.165) is 11.1 Å². The topological polar surface area (TPSA) is 105 Å². The highest BCUT2D eigenvalue weighted by Gasteiger charge is 2.39. The van der Waals surface area contributed by atoms with Crippen molar-refractivity contribution in [3.8, 4) is 34.5 Å². The summed E-state index contributed by atoms with van der Waals surface area (Å²) in [5.41, 5.74) is 13.6. The highest BCUT2D eigenvalue weighted by Crippen LogP contribution is 2.51. The first-order valence-electron chi connectivity index (χ1n) is 9.82. The van der Waals surface area contributed by atoms with Crippen molar-refractivity contribution in [1.29, 1.82) is 0 Å². The Morgan fingerprint density at radius 2 is 1.65 bits per heavy atom. The van der Waals surface area contributed by atoms with Gasteiger partial charge in [0.1, 0.15) is 11.6 Å². The van der Waals surface area contributed by atoms with Crippen LogP contribution in [-0.2, 0) is 0 Å². The highest BCUT2D eigenvalue weighted by molar-refractivity contribution is 5.60. The lowest BCUT2D eigenvalue weighted by Gasteiger charge is -2.39. The van der Waals surface area contributed by atoms with Gasteiger partial charge in [-0.05, 0) is 23.8 Å². The Balaban J connectivity index is 1.84. The van der Waals surface area contributed by atoms with E-state index in [0.29, 0.717) is 34.5 Å². The number of benzene rings is 2. The molecular weight excluding hydrogens is 402 g/mol. The molecule has 0 saturated heterocycles. The van der Waals surface area contributed by atoms with E-state index in [2.05, 4.69) is 24.4 Å². The van der Waals surface area contributed by atoms with E-state index in [1.165, 1.54) is 0 Å². The van der Waals surface area contributed by atoms with Gasteiger partial charge in [-0.25, -0.2) is 0 Å². The van der Waals surface area contributed by atoms with E-state index in [9.17, 15) is 0 Å². The summed E-state index contributed by atoms with van der Waals surface area (Å²) in [5.74, 6) is 3.89. The van der Waals surface area contributed by atoms with E-state index in [1.807, 2.05) is 24.3 Å². The average Bonchev–Trinajstić information content (AvgIpc) is 3.22. The van der Waals surface area contributed by atoms with Gasteiger partial charge in [-0.2, -0.15) is 5.43 Å². The third-order valence-corrected chi connectivity index (χ3v) is 5.52. The zero-order chi connectivity index (χ0) is 22.1. The first-order valence-corrected chi connectivity index (χ1v) is 9.82. The molecule has 0 amide bonds. The third kappa shape index (κ3) is 3.72. The Bertz CT molecular complexity index is 970. The van der Waals surface area contributed by atoms with E-state index in [4.69, 9.17) is 34.2 Å². The second-order valence-corrected chi connectivity index (χ2v) is 7.37. The third-order valence-electron chi connectivity index (χ3n) is 5.52. The molecule has 9 nitrogen and oxygen atoms in total. The zero-order valence-corrected chi connectivity index (χ0v) is 18.0. The number of hydrogen-bond acceptors (Lipinski definition) is 9. The molecule has 2 aliphatic heterocycles. The predicted octanol–water partition coefficient (Wildman–Crippen LogP) is 2.45. The van der Waals surface area contributed by atoms with Crippen LogP contribution in [0.4, 0.5) is 0 Å². The van der Waals surface area contributed by atoms with Crippen molar-refractivity contribution < 1.29 is 28.4 Å².